The summed E-state index contributed by atoms with van der Waals surface area (Å²) in [6.07, 6.45) is -0.536. The number of nitrogens with one attached hydrogen (secondary N) is 1. The number of hydrogen-bond acceptors (Lipinski definition) is 3. The molecule has 0 fully saturated rings. The highest BCUT2D eigenvalue weighted by Crippen LogP contribution is 2.11. The van der Waals surface area contributed by atoms with Crippen molar-refractivity contribution in [1.82, 2.24) is 5.32 Å². The molecule has 1 aromatic rings. The topological polar surface area (TPSA) is 58.6 Å². The van der Waals surface area contributed by atoms with Gasteiger partial charge in [-0.3, -0.25) is 4.79 Å². The Morgan fingerprint density at radius 2 is 2.06 bits per heavy atom. The molecule has 0 unspecified atom stereocenters. The molecule has 0 aliphatic rings. The second kappa shape index (κ2) is 6.12. The standard InChI is InChI=1S/C12H17NO3/c1-3-16-11-6-4-10(5-7-11)12(15)13-8-9(2)14/h4-7,9,14H,3,8H2,1-2H3,(H,13,15)/t9-/m1/s1. The van der Waals surface area contributed by atoms with Gasteiger partial charge in [0.2, 0.25) is 0 Å². The molecule has 0 bridgehead atoms. The van der Waals surface area contributed by atoms with Crippen LogP contribution in [0.3, 0.4) is 0 Å². The molecule has 0 aliphatic heterocycles. The van der Waals surface area contributed by atoms with Crippen LogP contribution >= 0.6 is 0 Å². The first kappa shape index (κ1) is 12.5. The van der Waals surface area contributed by atoms with Crippen LogP contribution in [0.2, 0.25) is 0 Å². The van der Waals surface area contributed by atoms with E-state index in [4.69, 9.17) is 9.84 Å². The molecule has 0 aliphatic carbocycles. The van der Waals surface area contributed by atoms with Crippen LogP contribution in [-0.2, 0) is 0 Å². The van der Waals surface area contributed by atoms with Gasteiger partial charge in [-0.2, -0.15) is 0 Å². The lowest BCUT2D eigenvalue weighted by Crippen LogP contribution is -2.30. The maximum Gasteiger partial charge on any atom is 0.251 e. The lowest BCUT2D eigenvalue weighted by atomic mass is 10.2. The van der Waals surface area contributed by atoms with E-state index < -0.39 is 6.10 Å². The lowest BCUT2D eigenvalue weighted by molar-refractivity contribution is 0.0924. The number of benzene rings is 1. The average molecular weight is 223 g/mol. The van der Waals surface area contributed by atoms with Crippen LogP contribution < -0.4 is 10.1 Å². The molecule has 0 spiro atoms. The molecule has 2 N–H and O–H groups in total. The van der Waals surface area contributed by atoms with E-state index in [0.717, 1.165) is 5.75 Å². The second-order valence-corrected chi connectivity index (χ2v) is 3.52. The Labute approximate surface area is 95.2 Å². The lowest BCUT2D eigenvalue weighted by Gasteiger charge is -2.08. The van der Waals surface area contributed by atoms with Crippen molar-refractivity contribution in [2.24, 2.45) is 0 Å². The van der Waals surface area contributed by atoms with Crippen LogP contribution in [0.25, 0.3) is 0 Å². The molecule has 1 rings (SSSR count). The fourth-order valence-corrected chi connectivity index (χ4v) is 1.21. The van der Waals surface area contributed by atoms with E-state index in [2.05, 4.69) is 5.32 Å². The van der Waals surface area contributed by atoms with Crippen molar-refractivity contribution in [3.05, 3.63) is 29.8 Å². The molecule has 0 saturated carbocycles. The second-order valence-electron chi connectivity index (χ2n) is 3.52. The summed E-state index contributed by atoms with van der Waals surface area (Å²) in [6, 6.07) is 6.90. The van der Waals surface area contributed by atoms with Gasteiger partial charge in [0.15, 0.2) is 0 Å². The molecule has 0 radical (unpaired) electrons. The third kappa shape index (κ3) is 3.90. The van der Waals surface area contributed by atoms with Crippen molar-refractivity contribution in [2.45, 2.75) is 20.0 Å². The predicted octanol–water partition coefficient (Wildman–Crippen LogP) is 1.20. The zero-order chi connectivity index (χ0) is 12.0. The van der Waals surface area contributed by atoms with Crippen LogP contribution in [0.1, 0.15) is 24.2 Å². The van der Waals surface area contributed by atoms with Gasteiger partial charge in [-0.15, -0.1) is 0 Å². The third-order valence-corrected chi connectivity index (χ3v) is 1.99. The number of carbonyl (C=O) groups is 1. The van der Waals surface area contributed by atoms with E-state index in [1.807, 2.05) is 6.92 Å². The Balaban J connectivity index is 2.56. The summed E-state index contributed by atoms with van der Waals surface area (Å²) in [5, 5.41) is 11.6. The van der Waals surface area contributed by atoms with E-state index in [1.54, 1.807) is 31.2 Å². The zero-order valence-electron chi connectivity index (χ0n) is 9.56. The van der Waals surface area contributed by atoms with E-state index in [0.29, 0.717) is 12.2 Å². The van der Waals surface area contributed by atoms with Crippen molar-refractivity contribution in [3.63, 3.8) is 0 Å². The Morgan fingerprint density at radius 3 is 2.56 bits per heavy atom. The number of amides is 1. The Kier molecular flexibility index (Phi) is 4.79. The first-order valence-corrected chi connectivity index (χ1v) is 5.32. The third-order valence-electron chi connectivity index (χ3n) is 1.99. The number of carbonyl (C=O) groups excluding carboxylic acids is 1. The highest BCUT2D eigenvalue weighted by Gasteiger charge is 2.06. The first-order chi connectivity index (χ1) is 7.63. The molecule has 1 amide bonds. The van der Waals surface area contributed by atoms with Crippen LogP contribution in [0, 0.1) is 0 Å². The van der Waals surface area contributed by atoms with Crippen LogP contribution in [-0.4, -0.2) is 30.3 Å². The highest BCUT2D eigenvalue weighted by molar-refractivity contribution is 5.94. The smallest absolute Gasteiger partial charge is 0.251 e. The minimum atomic E-state index is -0.536. The van der Waals surface area contributed by atoms with E-state index in [1.165, 1.54) is 0 Å². The summed E-state index contributed by atoms with van der Waals surface area (Å²) >= 11 is 0. The van der Waals surface area contributed by atoms with Gasteiger partial charge in [-0.05, 0) is 38.1 Å². The summed E-state index contributed by atoms with van der Waals surface area (Å²) in [6.45, 7) is 4.39. The Morgan fingerprint density at radius 1 is 1.44 bits per heavy atom. The maximum atomic E-state index is 11.6. The summed E-state index contributed by atoms with van der Waals surface area (Å²) in [7, 11) is 0. The van der Waals surface area contributed by atoms with Crippen molar-refractivity contribution >= 4 is 5.91 Å². The number of aliphatic hydroxyl groups excluding tert-OH is 1. The fourth-order valence-electron chi connectivity index (χ4n) is 1.21. The summed E-state index contributed by atoms with van der Waals surface area (Å²) in [4.78, 5) is 11.6. The molecular formula is C12H17NO3. The van der Waals surface area contributed by atoms with Gasteiger partial charge < -0.3 is 15.2 Å². The molecule has 16 heavy (non-hydrogen) atoms. The fraction of sp³-hybridized carbons (Fsp3) is 0.417. The Bertz CT molecular complexity index is 333. The minimum Gasteiger partial charge on any atom is -0.494 e. The molecular weight excluding hydrogens is 206 g/mol. The monoisotopic (exact) mass is 223 g/mol. The molecule has 4 heteroatoms. The van der Waals surface area contributed by atoms with Crippen LogP contribution in [0.4, 0.5) is 0 Å². The molecule has 1 aromatic carbocycles. The average Bonchev–Trinajstić information content (AvgIpc) is 2.27. The number of hydrogen-bond donors (Lipinski definition) is 2. The van der Waals surface area contributed by atoms with Crippen molar-refractivity contribution in [2.75, 3.05) is 13.2 Å². The summed E-state index contributed by atoms with van der Waals surface area (Å²) in [5.74, 6) is 0.554. The van der Waals surface area contributed by atoms with Gasteiger partial charge in [0.25, 0.3) is 5.91 Å². The molecule has 0 heterocycles. The first-order valence-electron chi connectivity index (χ1n) is 5.32. The van der Waals surface area contributed by atoms with Gasteiger partial charge in [0, 0.05) is 12.1 Å². The minimum absolute atomic E-state index is 0.191. The molecule has 1 atom stereocenters. The molecule has 0 saturated heterocycles. The van der Waals surface area contributed by atoms with Gasteiger partial charge in [-0.25, -0.2) is 0 Å². The van der Waals surface area contributed by atoms with Crippen LogP contribution in [0.15, 0.2) is 24.3 Å². The highest BCUT2D eigenvalue weighted by atomic mass is 16.5. The van der Waals surface area contributed by atoms with E-state index in [9.17, 15) is 4.79 Å². The summed E-state index contributed by atoms with van der Waals surface area (Å²) < 4.78 is 5.27. The van der Waals surface area contributed by atoms with Crippen molar-refractivity contribution < 1.29 is 14.6 Å². The van der Waals surface area contributed by atoms with Crippen molar-refractivity contribution in [1.29, 1.82) is 0 Å². The molecule has 0 aromatic heterocycles. The van der Waals surface area contributed by atoms with Crippen LogP contribution in [0.5, 0.6) is 5.75 Å². The zero-order valence-corrected chi connectivity index (χ0v) is 9.56. The largest absolute Gasteiger partial charge is 0.494 e. The number of rotatable bonds is 5. The quantitative estimate of drug-likeness (QED) is 0.788. The number of aliphatic hydroxyl groups is 1. The van der Waals surface area contributed by atoms with Gasteiger partial charge in [0.05, 0.1) is 12.7 Å². The SMILES string of the molecule is CCOc1ccc(C(=O)NC[C@@H](C)O)cc1. The molecule has 88 valence electrons. The van der Waals surface area contributed by atoms with Crippen molar-refractivity contribution in [3.8, 4) is 5.75 Å². The van der Waals surface area contributed by atoms with Gasteiger partial charge in [0.1, 0.15) is 5.75 Å². The Hall–Kier alpha value is -1.55. The van der Waals surface area contributed by atoms with Gasteiger partial charge >= 0.3 is 0 Å². The predicted molar refractivity (Wildman–Crippen MR) is 61.6 cm³/mol. The molecule has 4 nitrogen and oxygen atoms in total. The normalized spacial score (nSPS) is 11.9. The van der Waals surface area contributed by atoms with E-state index >= 15 is 0 Å². The van der Waals surface area contributed by atoms with Gasteiger partial charge in [-0.1, -0.05) is 0 Å². The number of ether oxygens (including phenoxy) is 1. The van der Waals surface area contributed by atoms with E-state index in [-0.39, 0.29) is 12.5 Å². The summed E-state index contributed by atoms with van der Waals surface area (Å²) in [5.41, 5.74) is 0.559. The maximum absolute atomic E-state index is 11.6.